The van der Waals surface area contributed by atoms with E-state index in [1.54, 1.807) is 27.4 Å². The monoisotopic (exact) mass is 415 g/mol. The molecule has 0 saturated heterocycles. The van der Waals surface area contributed by atoms with Crippen LogP contribution in [0.1, 0.15) is 0 Å². The van der Waals surface area contributed by atoms with Crippen LogP contribution in [0.15, 0.2) is 48.8 Å². The van der Waals surface area contributed by atoms with Crippen molar-refractivity contribution in [2.24, 2.45) is 0 Å². The molecular weight excluding hydrogens is 398 g/mol. The normalized spacial score (nSPS) is 10.7. The standard InChI is InChI=1S/C20H17NO4.BrH/c1-23-16-6-5-13-10-15-18-12(4-7-17(24-2)20(18)25-3)8-9-21(15)11-14(13)19(16)22;/h4-11H,1-3H3;1H. The number of nitrogens with zero attached hydrogens (tertiary/aromatic N) is 1. The lowest BCUT2D eigenvalue weighted by Gasteiger charge is -2.11. The number of aromatic hydroxyl groups is 1. The first kappa shape index (κ1) is 18.1. The van der Waals surface area contributed by atoms with E-state index in [-0.39, 0.29) is 22.7 Å². The molecule has 5 nitrogen and oxygen atoms in total. The number of hydrogen-bond donors (Lipinski definition) is 1. The lowest BCUT2D eigenvalue weighted by atomic mass is 10.1. The molecule has 4 aromatic rings. The third-order valence-corrected chi connectivity index (χ3v) is 4.52. The first-order valence-corrected chi connectivity index (χ1v) is 7.86. The molecule has 0 fully saturated rings. The van der Waals surface area contributed by atoms with Crippen molar-refractivity contribution in [1.29, 1.82) is 0 Å². The molecule has 0 unspecified atom stereocenters. The Kier molecular flexibility index (Phi) is 4.78. The predicted molar refractivity (Wildman–Crippen MR) is 95.9 cm³/mol. The summed E-state index contributed by atoms with van der Waals surface area (Å²) in [6, 6.07) is 11.6. The molecule has 0 radical (unpaired) electrons. The molecule has 2 aromatic heterocycles. The summed E-state index contributed by atoms with van der Waals surface area (Å²) in [7, 11) is 4.81. The van der Waals surface area contributed by atoms with E-state index in [9.17, 15) is 5.11 Å². The van der Waals surface area contributed by atoms with Gasteiger partial charge in [-0.2, -0.15) is 4.40 Å². The number of methoxy groups -OCH3 is 3. The molecule has 134 valence electrons. The summed E-state index contributed by atoms with van der Waals surface area (Å²) >= 11 is 0. The van der Waals surface area contributed by atoms with E-state index in [1.807, 2.05) is 47.1 Å². The van der Waals surface area contributed by atoms with Crippen LogP contribution in [0, 0.1) is 0 Å². The molecule has 1 N–H and O–H groups in total. The summed E-state index contributed by atoms with van der Waals surface area (Å²) in [5.41, 5.74) is 0.963. The van der Waals surface area contributed by atoms with Crippen molar-refractivity contribution in [2.75, 3.05) is 21.3 Å². The Morgan fingerprint density at radius 1 is 0.846 bits per heavy atom. The van der Waals surface area contributed by atoms with Crippen LogP contribution in [0.2, 0.25) is 0 Å². The average Bonchev–Trinajstić information content (AvgIpc) is 2.66. The second-order valence-corrected chi connectivity index (χ2v) is 5.77. The molecule has 2 heterocycles. The van der Waals surface area contributed by atoms with Crippen molar-refractivity contribution in [2.45, 2.75) is 0 Å². The van der Waals surface area contributed by atoms with Gasteiger partial charge in [0.05, 0.1) is 32.1 Å². The third-order valence-electron chi connectivity index (χ3n) is 4.52. The molecule has 26 heavy (non-hydrogen) atoms. The Labute approximate surface area is 161 Å². The summed E-state index contributed by atoms with van der Waals surface area (Å²) < 4.78 is 18.2. The van der Waals surface area contributed by atoms with Crippen molar-refractivity contribution in [3.05, 3.63) is 48.8 Å². The number of halogens is 1. The van der Waals surface area contributed by atoms with Crippen LogP contribution in [0.5, 0.6) is 23.0 Å². The Morgan fingerprint density at radius 3 is 2.23 bits per heavy atom. The number of rotatable bonds is 3. The maximum absolute atomic E-state index is 10.4. The zero-order chi connectivity index (χ0) is 17.6. The summed E-state index contributed by atoms with van der Waals surface area (Å²) in [5.74, 6) is 1.95. The zero-order valence-corrected chi connectivity index (χ0v) is 16.2. The first-order chi connectivity index (χ1) is 12.2. The summed E-state index contributed by atoms with van der Waals surface area (Å²) in [6.07, 6.45) is 3.85. The fraction of sp³-hybridized carbons (Fsp3) is 0.150. The molecule has 0 aliphatic heterocycles. The topological polar surface area (TPSA) is 52.0 Å². The molecule has 2 aromatic carbocycles. The number of phenolic OH excluding ortho intramolecular Hbond substituents is 1. The smallest absolute Gasteiger partial charge is 0.223 e. The second-order valence-electron chi connectivity index (χ2n) is 5.77. The predicted octanol–water partition coefficient (Wildman–Crippen LogP) is 0.467. The highest BCUT2D eigenvalue weighted by Gasteiger charge is 2.19. The summed E-state index contributed by atoms with van der Waals surface area (Å²) in [4.78, 5) is 0. The van der Waals surface area contributed by atoms with Gasteiger partial charge in [-0.15, -0.1) is 0 Å². The van der Waals surface area contributed by atoms with Crippen LogP contribution in [-0.2, 0) is 0 Å². The van der Waals surface area contributed by atoms with Gasteiger partial charge in [0.1, 0.15) is 0 Å². The lowest BCUT2D eigenvalue weighted by Crippen LogP contribution is -3.00. The van der Waals surface area contributed by atoms with Crippen LogP contribution in [-0.4, -0.2) is 26.4 Å². The highest BCUT2D eigenvalue weighted by molar-refractivity contribution is 6.03. The Hall–Kier alpha value is -2.73. The molecule has 0 amide bonds. The van der Waals surface area contributed by atoms with Gasteiger partial charge in [0.25, 0.3) is 0 Å². The molecule has 0 saturated carbocycles. The largest absolute Gasteiger partial charge is 1.00 e. The van der Waals surface area contributed by atoms with Gasteiger partial charge in [-0.05, 0) is 35.0 Å². The van der Waals surface area contributed by atoms with Gasteiger partial charge in [-0.1, -0.05) is 0 Å². The third kappa shape index (κ3) is 2.57. The Balaban J connectivity index is 0.00000196. The van der Waals surface area contributed by atoms with Gasteiger partial charge in [0, 0.05) is 12.1 Å². The van der Waals surface area contributed by atoms with E-state index in [0.717, 1.165) is 27.1 Å². The second kappa shape index (κ2) is 6.88. The maximum atomic E-state index is 10.4. The average molecular weight is 416 g/mol. The van der Waals surface area contributed by atoms with Crippen LogP contribution < -0.4 is 35.6 Å². The molecule has 6 heteroatoms. The van der Waals surface area contributed by atoms with Crippen molar-refractivity contribution in [1.82, 2.24) is 0 Å². The maximum Gasteiger partial charge on any atom is 0.223 e. The number of hydrogen-bond acceptors (Lipinski definition) is 4. The Bertz CT molecular complexity index is 1130. The van der Waals surface area contributed by atoms with E-state index in [4.69, 9.17) is 14.2 Å². The molecule has 0 bridgehead atoms. The van der Waals surface area contributed by atoms with Crippen LogP contribution in [0.25, 0.3) is 27.1 Å². The van der Waals surface area contributed by atoms with Gasteiger partial charge in [-0.3, -0.25) is 0 Å². The van der Waals surface area contributed by atoms with Crippen molar-refractivity contribution in [3.63, 3.8) is 0 Å². The van der Waals surface area contributed by atoms with Crippen molar-refractivity contribution in [3.8, 4) is 23.0 Å². The van der Waals surface area contributed by atoms with Crippen molar-refractivity contribution < 1.29 is 40.7 Å². The minimum atomic E-state index is 0. The van der Waals surface area contributed by atoms with Gasteiger partial charge in [0.15, 0.2) is 35.4 Å². The zero-order valence-electron chi connectivity index (χ0n) is 14.6. The summed E-state index contributed by atoms with van der Waals surface area (Å²) in [6.45, 7) is 0. The highest BCUT2D eigenvalue weighted by Crippen LogP contribution is 2.39. The lowest BCUT2D eigenvalue weighted by molar-refractivity contribution is -0.509. The van der Waals surface area contributed by atoms with Crippen LogP contribution >= 0.6 is 0 Å². The number of aromatic nitrogens is 1. The van der Waals surface area contributed by atoms with Gasteiger partial charge in [-0.25, -0.2) is 0 Å². The molecular formula is C20H18BrNO4. The number of phenols is 1. The SMILES string of the molecule is COc1ccc2cc3c4c(OC)c(OC)ccc4cc[n+]3cc2c1O.[Br-]. The molecule has 0 aliphatic carbocycles. The fourth-order valence-electron chi connectivity index (χ4n) is 3.29. The molecule has 0 spiro atoms. The van der Waals surface area contributed by atoms with Crippen LogP contribution in [0.3, 0.4) is 0 Å². The van der Waals surface area contributed by atoms with E-state index < -0.39 is 0 Å². The van der Waals surface area contributed by atoms with Crippen LogP contribution in [0.4, 0.5) is 0 Å². The van der Waals surface area contributed by atoms with Crippen molar-refractivity contribution >= 4 is 27.1 Å². The minimum absolute atomic E-state index is 0. The Morgan fingerprint density at radius 2 is 1.54 bits per heavy atom. The number of benzene rings is 2. The number of fused-ring (bicyclic) bond motifs is 4. The fourth-order valence-corrected chi connectivity index (χ4v) is 3.29. The van der Waals surface area contributed by atoms with E-state index in [0.29, 0.717) is 17.2 Å². The molecule has 0 atom stereocenters. The molecule has 0 aliphatic rings. The van der Waals surface area contributed by atoms with Gasteiger partial charge in [0.2, 0.25) is 5.52 Å². The summed E-state index contributed by atoms with van der Waals surface area (Å²) in [5, 5.41) is 14.1. The highest BCUT2D eigenvalue weighted by atomic mass is 79.9. The quantitative estimate of drug-likeness (QED) is 0.300. The number of ether oxygens (including phenoxy) is 3. The van der Waals surface area contributed by atoms with Gasteiger partial charge < -0.3 is 36.3 Å². The van der Waals surface area contributed by atoms with E-state index in [2.05, 4.69) is 0 Å². The van der Waals surface area contributed by atoms with Gasteiger partial charge >= 0.3 is 0 Å². The number of pyridine rings is 2. The first-order valence-electron chi connectivity index (χ1n) is 7.86. The molecule has 4 rings (SSSR count). The van der Waals surface area contributed by atoms with E-state index in [1.165, 1.54) is 0 Å². The van der Waals surface area contributed by atoms with E-state index >= 15 is 0 Å². The minimum Gasteiger partial charge on any atom is -1.00 e.